The normalized spacial score (nSPS) is 15.4. The molecule has 0 bridgehead atoms. The second kappa shape index (κ2) is 8.25. The number of oxazole rings is 1. The molecule has 1 N–H and O–H groups in total. The van der Waals surface area contributed by atoms with Crippen molar-refractivity contribution in [2.24, 2.45) is 5.92 Å². The van der Waals surface area contributed by atoms with Crippen molar-refractivity contribution in [1.82, 2.24) is 4.98 Å². The summed E-state index contributed by atoms with van der Waals surface area (Å²) in [5, 5.41) is 2.81. The van der Waals surface area contributed by atoms with Crippen molar-refractivity contribution in [3.8, 4) is 5.75 Å². The van der Waals surface area contributed by atoms with Gasteiger partial charge in [-0.25, -0.2) is 0 Å². The van der Waals surface area contributed by atoms with Gasteiger partial charge in [0.05, 0.1) is 0 Å². The van der Waals surface area contributed by atoms with Gasteiger partial charge in [-0.15, -0.1) is 0 Å². The van der Waals surface area contributed by atoms with E-state index in [0.29, 0.717) is 37.6 Å². The zero-order chi connectivity index (χ0) is 21.1. The van der Waals surface area contributed by atoms with Crippen molar-refractivity contribution in [2.45, 2.75) is 19.0 Å². The summed E-state index contributed by atoms with van der Waals surface area (Å²) in [6.07, 6.45) is -3.09. The molecular formula is C21H20F3N3O3. The molecule has 0 spiro atoms. The van der Waals surface area contributed by atoms with Crippen molar-refractivity contribution in [2.75, 3.05) is 29.9 Å². The Morgan fingerprint density at radius 3 is 2.50 bits per heavy atom. The predicted octanol–water partition coefficient (Wildman–Crippen LogP) is 4.62. The number of anilines is 2. The number of para-hydroxylation sites is 2. The number of carbonyl (C=O) groups excluding carboxylic acids is 1. The fourth-order valence-corrected chi connectivity index (χ4v) is 3.37. The van der Waals surface area contributed by atoms with Crippen molar-refractivity contribution < 1.29 is 27.1 Å². The minimum Gasteiger partial charge on any atom is -0.484 e. The topological polar surface area (TPSA) is 67.6 Å². The first-order chi connectivity index (χ1) is 14.4. The number of alkyl halides is 3. The second-order valence-electron chi connectivity index (χ2n) is 7.14. The molecule has 1 saturated heterocycles. The molecule has 0 radical (unpaired) electrons. The summed E-state index contributed by atoms with van der Waals surface area (Å²) in [4.78, 5) is 19.1. The Balaban J connectivity index is 1.29. The fourth-order valence-electron chi connectivity index (χ4n) is 3.37. The molecule has 9 heteroatoms. The van der Waals surface area contributed by atoms with Crippen molar-refractivity contribution in [3.63, 3.8) is 0 Å². The number of hydrogen-bond donors (Lipinski definition) is 1. The molecule has 30 heavy (non-hydrogen) atoms. The summed E-state index contributed by atoms with van der Waals surface area (Å²) in [5.74, 6) is -0.181. The van der Waals surface area contributed by atoms with E-state index in [4.69, 9.17) is 4.42 Å². The molecule has 2 aromatic carbocycles. The minimum absolute atomic E-state index is 0.0944. The lowest BCUT2D eigenvalue weighted by Crippen LogP contribution is -2.38. The van der Waals surface area contributed by atoms with E-state index in [2.05, 4.69) is 15.0 Å². The first-order valence-corrected chi connectivity index (χ1v) is 9.58. The molecule has 0 atom stereocenters. The Labute approximate surface area is 170 Å². The van der Waals surface area contributed by atoms with Crippen LogP contribution in [0.25, 0.3) is 11.1 Å². The lowest BCUT2D eigenvalue weighted by Gasteiger charge is -2.30. The van der Waals surface area contributed by atoms with Crippen LogP contribution in [0.5, 0.6) is 5.75 Å². The van der Waals surface area contributed by atoms with Crippen LogP contribution in [0.4, 0.5) is 24.9 Å². The van der Waals surface area contributed by atoms with Gasteiger partial charge in [0.2, 0.25) is 5.91 Å². The van der Waals surface area contributed by atoms with Gasteiger partial charge in [-0.3, -0.25) is 4.79 Å². The number of ether oxygens (including phenoxy) is 1. The van der Waals surface area contributed by atoms with Crippen LogP contribution in [-0.4, -0.2) is 36.8 Å². The molecule has 1 amide bonds. The van der Waals surface area contributed by atoms with Crippen LogP contribution in [0.2, 0.25) is 0 Å². The highest BCUT2D eigenvalue weighted by Crippen LogP contribution is 2.27. The van der Waals surface area contributed by atoms with Gasteiger partial charge < -0.3 is 19.4 Å². The zero-order valence-electron chi connectivity index (χ0n) is 16.0. The van der Waals surface area contributed by atoms with Gasteiger partial charge in [0.1, 0.15) is 11.3 Å². The maximum absolute atomic E-state index is 12.5. The van der Waals surface area contributed by atoms with Crippen molar-refractivity contribution >= 4 is 28.7 Å². The molecule has 4 rings (SSSR count). The highest BCUT2D eigenvalue weighted by atomic mass is 19.4. The number of carbonyl (C=O) groups is 1. The summed E-state index contributed by atoms with van der Waals surface area (Å²) < 4.78 is 47.0. The smallest absolute Gasteiger partial charge is 0.422 e. The van der Waals surface area contributed by atoms with Crippen LogP contribution < -0.4 is 15.0 Å². The first kappa shape index (κ1) is 20.1. The monoisotopic (exact) mass is 419 g/mol. The van der Waals surface area contributed by atoms with E-state index in [1.165, 1.54) is 24.3 Å². The quantitative estimate of drug-likeness (QED) is 0.654. The summed E-state index contributed by atoms with van der Waals surface area (Å²) in [7, 11) is 0. The van der Waals surface area contributed by atoms with Crippen LogP contribution in [0.15, 0.2) is 52.9 Å². The highest BCUT2D eigenvalue weighted by molar-refractivity contribution is 5.92. The van der Waals surface area contributed by atoms with E-state index in [1.807, 2.05) is 29.2 Å². The third kappa shape index (κ3) is 4.84. The van der Waals surface area contributed by atoms with Crippen molar-refractivity contribution in [1.29, 1.82) is 0 Å². The molecule has 0 saturated carbocycles. The molecule has 0 unspecified atom stereocenters. The Morgan fingerprint density at radius 2 is 1.83 bits per heavy atom. The Morgan fingerprint density at radius 1 is 1.13 bits per heavy atom. The Hall–Kier alpha value is -3.23. The van der Waals surface area contributed by atoms with E-state index >= 15 is 0 Å². The first-order valence-electron chi connectivity index (χ1n) is 9.58. The second-order valence-corrected chi connectivity index (χ2v) is 7.14. The number of aromatic nitrogens is 1. The van der Waals surface area contributed by atoms with Crippen LogP contribution >= 0.6 is 0 Å². The average Bonchev–Trinajstić information content (AvgIpc) is 3.17. The largest absolute Gasteiger partial charge is 0.484 e. The summed E-state index contributed by atoms with van der Waals surface area (Å²) in [5.41, 5.74) is 2.05. The van der Waals surface area contributed by atoms with Gasteiger partial charge in [-0.2, -0.15) is 18.2 Å². The van der Waals surface area contributed by atoms with Gasteiger partial charge in [0.25, 0.3) is 6.01 Å². The van der Waals surface area contributed by atoms with Gasteiger partial charge >= 0.3 is 6.18 Å². The minimum atomic E-state index is -4.39. The lowest BCUT2D eigenvalue weighted by molar-refractivity contribution is -0.153. The highest BCUT2D eigenvalue weighted by Gasteiger charge is 2.29. The SMILES string of the molecule is O=C(Nc1ccc(OCC(F)(F)F)cc1)C1CCN(c2nc3ccccc3o2)CC1. The molecule has 2 heterocycles. The molecule has 1 aliphatic heterocycles. The maximum Gasteiger partial charge on any atom is 0.422 e. The zero-order valence-corrected chi connectivity index (χ0v) is 16.0. The molecule has 6 nitrogen and oxygen atoms in total. The Kier molecular flexibility index (Phi) is 5.52. The average molecular weight is 419 g/mol. The van der Waals surface area contributed by atoms with Crippen LogP contribution in [0.1, 0.15) is 12.8 Å². The van der Waals surface area contributed by atoms with Crippen LogP contribution in [-0.2, 0) is 4.79 Å². The van der Waals surface area contributed by atoms with E-state index in [9.17, 15) is 18.0 Å². The molecule has 0 aliphatic carbocycles. The van der Waals surface area contributed by atoms with Crippen LogP contribution in [0, 0.1) is 5.92 Å². The van der Waals surface area contributed by atoms with E-state index < -0.39 is 12.8 Å². The summed E-state index contributed by atoms with van der Waals surface area (Å²) in [6, 6.07) is 14.0. The number of hydrogen-bond acceptors (Lipinski definition) is 5. The summed E-state index contributed by atoms with van der Waals surface area (Å²) >= 11 is 0. The van der Waals surface area contributed by atoms with Gasteiger partial charge in [-0.1, -0.05) is 12.1 Å². The number of halogens is 3. The Bertz CT molecular complexity index is 977. The molecular weight excluding hydrogens is 399 g/mol. The van der Waals surface area contributed by atoms with E-state index in [0.717, 1.165) is 11.1 Å². The maximum atomic E-state index is 12.5. The molecule has 1 fully saturated rings. The van der Waals surface area contributed by atoms with E-state index in [-0.39, 0.29) is 17.6 Å². The number of piperidine rings is 1. The van der Waals surface area contributed by atoms with E-state index in [1.54, 1.807) is 0 Å². The van der Waals surface area contributed by atoms with Crippen molar-refractivity contribution in [3.05, 3.63) is 48.5 Å². The predicted molar refractivity (Wildman–Crippen MR) is 106 cm³/mol. The molecule has 1 aromatic heterocycles. The molecule has 158 valence electrons. The summed E-state index contributed by atoms with van der Waals surface area (Å²) in [6.45, 7) is -0.0539. The standard InChI is InChI=1S/C21H20F3N3O3/c22-21(23,24)13-29-16-7-5-15(6-8-16)25-19(28)14-9-11-27(12-10-14)20-26-17-3-1-2-4-18(17)30-20/h1-8,14H,9-13H2,(H,25,28). The number of benzene rings is 2. The lowest BCUT2D eigenvalue weighted by atomic mass is 9.96. The number of rotatable bonds is 5. The molecule has 1 aliphatic rings. The third-order valence-corrected chi connectivity index (χ3v) is 4.94. The van der Waals surface area contributed by atoms with Gasteiger partial charge in [-0.05, 0) is 49.2 Å². The van der Waals surface area contributed by atoms with Gasteiger partial charge in [0, 0.05) is 24.7 Å². The number of nitrogens with one attached hydrogen (secondary N) is 1. The fraction of sp³-hybridized carbons (Fsp3) is 0.333. The van der Waals surface area contributed by atoms with Gasteiger partial charge in [0.15, 0.2) is 12.2 Å². The van der Waals surface area contributed by atoms with Crippen LogP contribution in [0.3, 0.4) is 0 Å². The third-order valence-electron chi connectivity index (χ3n) is 4.94. The molecule has 3 aromatic rings. The number of fused-ring (bicyclic) bond motifs is 1. The number of amides is 1. The number of nitrogens with zero attached hydrogens (tertiary/aromatic N) is 2.